The van der Waals surface area contributed by atoms with Crippen molar-refractivity contribution in [3.05, 3.63) is 22.7 Å². The number of rotatable bonds is 4. The molecule has 1 aromatic rings. The molecule has 1 aliphatic rings. The van der Waals surface area contributed by atoms with Gasteiger partial charge in [0, 0.05) is 16.3 Å². The normalized spacial score (nSPS) is 20.4. The van der Waals surface area contributed by atoms with E-state index in [1.807, 2.05) is 11.8 Å². The topological polar surface area (TPSA) is 72.2 Å². The van der Waals surface area contributed by atoms with Crippen LogP contribution < -0.4 is 10.5 Å². The Morgan fingerprint density at radius 3 is 2.89 bits per heavy atom. The molecule has 7 heteroatoms. The van der Waals surface area contributed by atoms with Gasteiger partial charge in [-0.25, -0.2) is 13.1 Å². The van der Waals surface area contributed by atoms with E-state index >= 15 is 0 Å². The number of benzene rings is 1. The van der Waals surface area contributed by atoms with E-state index in [-0.39, 0.29) is 10.6 Å². The third kappa shape index (κ3) is 4.11. The third-order valence-electron chi connectivity index (χ3n) is 3.04. The summed E-state index contributed by atoms with van der Waals surface area (Å²) in [4.78, 5) is 0.141. The van der Waals surface area contributed by atoms with Crippen LogP contribution in [0.3, 0.4) is 0 Å². The molecule has 0 aliphatic carbocycles. The molecule has 1 heterocycles. The molecular formula is C12H17BrN2O2S2. The Kier molecular flexibility index (Phi) is 5.16. The molecule has 0 bridgehead atoms. The van der Waals surface area contributed by atoms with Crippen LogP contribution in [0, 0.1) is 0 Å². The van der Waals surface area contributed by atoms with Crippen LogP contribution in [0.1, 0.15) is 19.3 Å². The van der Waals surface area contributed by atoms with Gasteiger partial charge in [0.2, 0.25) is 10.0 Å². The summed E-state index contributed by atoms with van der Waals surface area (Å²) < 4.78 is 27.8. The van der Waals surface area contributed by atoms with Crippen LogP contribution in [0.2, 0.25) is 0 Å². The Hall–Kier alpha value is -0.240. The van der Waals surface area contributed by atoms with Crippen molar-refractivity contribution >= 4 is 43.4 Å². The lowest BCUT2D eigenvalue weighted by molar-refractivity contribution is 0.574. The molecular weight excluding hydrogens is 348 g/mol. The molecule has 1 saturated heterocycles. The molecule has 0 saturated carbocycles. The lowest BCUT2D eigenvalue weighted by Crippen LogP contribution is -2.32. The predicted octanol–water partition coefficient (Wildman–Crippen LogP) is 2.60. The molecule has 3 N–H and O–H groups in total. The fourth-order valence-corrected chi connectivity index (χ4v) is 5.08. The van der Waals surface area contributed by atoms with Crippen molar-refractivity contribution < 1.29 is 8.42 Å². The quantitative estimate of drug-likeness (QED) is 0.805. The van der Waals surface area contributed by atoms with Crippen molar-refractivity contribution in [1.82, 2.24) is 4.72 Å². The summed E-state index contributed by atoms with van der Waals surface area (Å²) in [5.74, 6) is 1.12. The molecule has 106 valence electrons. The van der Waals surface area contributed by atoms with Crippen molar-refractivity contribution in [3.63, 3.8) is 0 Å². The zero-order chi connectivity index (χ0) is 13.9. The molecule has 0 radical (unpaired) electrons. The van der Waals surface area contributed by atoms with E-state index in [9.17, 15) is 8.42 Å². The number of hydrogen-bond acceptors (Lipinski definition) is 4. The molecule has 0 spiro atoms. The summed E-state index contributed by atoms with van der Waals surface area (Å²) in [6.45, 7) is 0.471. The maximum absolute atomic E-state index is 12.2. The first kappa shape index (κ1) is 15.2. The van der Waals surface area contributed by atoms with Crippen molar-refractivity contribution in [2.24, 2.45) is 0 Å². The van der Waals surface area contributed by atoms with Gasteiger partial charge in [-0.15, -0.1) is 0 Å². The summed E-state index contributed by atoms with van der Waals surface area (Å²) >= 11 is 5.10. The molecule has 4 nitrogen and oxygen atoms in total. The van der Waals surface area contributed by atoms with E-state index in [1.54, 1.807) is 12.1 Å². The maximum atomic E-state index is 12.2. The van der Waals surface area contributed by atoms with Crippen molar-refractivity contribution in [2.45, 2.75) is 29.4 Å². The van der Waals surface area contributed by atoms with Gasteiger partial charge in [-0.2, -0.15) is 11.8 Å². The van der Waals surface area contributed by atoms with Gasteiger partial charge < -0.3 is 5.73 Å². The Morgan fingerprint density at radius 1 is 1.42 bits per heavy atom. The van der Waals surface area contributed by atoms with Crippen LogP contribution in [0.15, 0.2) is 27.6 Å². The monoisotopic (exact) mass is 364 g/mol. The lowest BCUT2D eigenvalue weighted by atomic mass is 10.2. The Bertz CT molecular complexity index is 543. The predicted molar refractivity (Wildman–Crippen MR) is 83.8 cm³/mol. The molecule has 1 fully saturated rings. The van der Waals surface area contributed by atoms with Gasteiger partial charge in [0.25, 0.3) is 0 Å². The third-order valence-corrected chi connectivity index (χ3v) is 6.41. The lowest BCUT2D eigenvalue weighted by Gasteiger charge is -2.21. The Morgan fingerprint density at radius 2 is 2.21 bits per heavy atom. The van der Waals surface area contributed by atoms with Gasteiger partial charge in [-0.1, -0.05) is 22.4 Å². The number of nitrogens with one attached hydrogen (secondary N) is 1. The average Bonchev–Trinajstić information content (AvgIpc) is 2.40. The fourth-order valence-electron chi connectivity index (χ4n) is 1.99. The van der Waals surface area contributed by atoms with Crippen LogP contribution in [0.25, 0.3) is 0 Å². The Labute approximate surface area is 126 Å². The van der Waals surface area contributed by atoms with Crippen molar-refractivity contribution in [2.75, 3.05) is 18.0 Å². The van der Waals surface area contributed by atoms with Gasteiger partial charge in [0.15, 0.2) is 0 Å². The Balaban J connectivity index is 2.07. The van der Waals surface area contributed by atoms with Gasteiger partial charge in [0.05, 0.1) is 5.69 Å². The molecule has 1 aromatic carbocycles. The number of anilines is 1. The van der Waals surface area contributed by atoms with Gasteiger partial charge in [-0.05, 0) is 36.8 Å². The highest BCUT2D eigenvalue weighted by Crippen LogP contribution is 2.26. The van der Waals surface area contributed by atoms with E-state index in [4.69, 9.17) is 5.73 Å². The van der Waals surface area contributed by atoms with Crippen LogP contribution >= 0.6 is 27.7 Å². The van der Waals surface area contributed by atoms with E-state index in [0.29, 0.717) is 16.3 Å². The molecule has 1 atom stereocenters. The number of sulfonamides is 1. The highest BCUT2D eigenvalue weighted by atomic mass is 79.9. The number of nitrogen functional groups attached to an aromatic ring is 1. The van der Waals surface area contributed by atoms with E-state index < -0.39 is 10.0 Å². The first-order valence-corrected chi connectivity index (χ1v) is 9.48. The number of hydrogen-bond donors (Lipinski definition) is 2. The zero-order valence-electron chi connectivity index (χ0n) is 10.4. The van der Waals surface area contributed by atoms with Crippen LogP contribution in [-0.4, -0.2) is 26.0 Å². The van der Waals surface area contributed by atoms with Crippen molar-refractivity contribution in [1.29, 1.82) is 0 Å². The molecule has 0 aromatic heterocycles. The summed E-state index contributed by atoms with van der Waals surface area (Å²) in [6, 6.07) is 4.85. The molecule has 19 heavy (non-hydrogen) atoms. The zero-order valence-corrected chi connectivity index (χ0v) is 13.7. The molecule has 1 unspecified atom stereocenters. The van der Waals surface area contributed by atoms with E-state index in [2.05, 4.69) is 20.7 Å². The first-order chi connectivity index (χ1) is 8.99. The van der Waals surface area contributed by atoms with Gasteiger partial charge >= 0.3 is 0 Å². The maximum Gasteiger partial charge on any atom is 0.242 e. The van der Waals surface area contributed by atoms with E-state index in [0.717, 1.165) is 12.2 Å². The largest absolute Gasteiger partial charge is 0.398 e. The van der Waals surface area contributed by atoms with Crippen LogP contribution in [0.5, 0.6) is 0 Å². The minimum atomic E-state index is -3.53. The second kappa shape index (κ2) is 6.47. The minimum absolute atomic E-state index is 0.141. The summed E-state index contributed by atoms with van der Waals surface area (Å²) in [6.07, 6.45) is 3.48. The first-order valence-electron chi connectivity index (χ1n) is 6.15. The summed E-state index contributed by atoms with van der Waals surface area (Å²) in [7, 11) is -3.53. The van der Waals surface area contributed by atoms with Crippen LogP contribution in [-0.2, 0) is 10.0 Å². The molecule has 1 aliphatic heterocycles. The second-order valence-electron chi connectivity index (χ2n) is 4.52. The molecule has 0 amide bonds. The number of thioether (sulfide) groups is 1. The molecule has 2 rings (SSSR count). The smallest absolute Gasteiger partial charge is 0.242 e. The van der Waals surface area contributed by atoms with Crippen LogP contribution in [0.4, 0.5) is 5.69 Å². The van der Waals surface area contributed by atoms with Crippen molar-refractivity contribution in [3.8, 4) is 0 Å². The summed E-state index contributed by atoms with van der Waals surface area (Å²) in [5.41, 5.74) is 6.01. The highest BCUT2D eigenvalue weighted by Gasteiger charge is 2.21. The highest BCUT2D eigenvalue weighted by molar-refractivity contribution is 9.10. The number of nitrogens with two attached hydrogens (primary N) is 1. The SMILES string of the molecule is Nc1ccc(Br)cc1S(=O)(=O)NCC1CCCCS1. The van der Waals surface area contributed by atoms with E-state index in [1.165, 1.54) is 18.9 Å². The minimum Gasteiger partial charge on any atom is -0.398 e. The summed E-state index contributed by atoms with van der Waals surface area (Å²) in [5, 5.41) is 0.372. The van der Waals surface area contributed by atoms with Gasteiger partial charge in [-0.3, -0.25) is 0 Å². The average molecular weight is 365 g/mol. The van der Waals surface area contributed by atoms with Gasteiger partial charge in [0.1, 0.15) is 4.90 Å². The standard InChI is InChI=1S/C12H17BrN2O2S2/c13-9-4-5-11(14)12(7-9)19(16,17)15-8-10-3-1-2-6-18-10/h4-5,7,10,15H,1-3,6,8,14H2. The number of halogens is 1. The second-order valence-corrected chi connectivity index (χ2v) is 8.58. The fraction of sp³-hybridized carbons (Fsp3) is 0.500.